The summed E-state index contributed by atoms with van der Waals surface area (Å²) < 4.78 is 13.7. The Morgan fingerprint density at radius 3 is 3.00 bits per heavy atom. The molecule has 0 bridgehead atoms. The molecule has 0 spiro atoms. The highest BCUT2D eigenvalue weighted by Gasteiger charge is 2.30. The van der Waals surface area contributed by atoms with Crippen LogP contribution >= 0.6 is 23.4 Å². The summed E-state index contributed by atoms with van der Waals surface area (Å²) in [5.41, 5.74) is 0.563. The maximum absolute atomic E-state index is 13.7. The van der Waals surface area contributed by atoms with Gasteiger partial charge in [0.2, 0.25) is 0 Å². The van der Waals surface area contributed by atoms with Crippen LogP contribution in [0.5, 0.6) is 0 Å². The van der Waals surface area contributed by atoms with Crippen molar-refractivity contribution in [1.29, 1.82) is 0 Å². The molecule has 102 valence electrons. The quantitative estimate of drug-likeness (QED) is 0.893. The maximum Gasteiger partial charge on any atom is 0.157 e. The number of benzene rings is 1. The first-order valence-electron chi connectivity index (χ1n) is 6.64. The van der Waals surface area contributed by atoms with E-state index in [1.807, 2.05) is 0 Å². The lowest BCUT2D eigenvalue weighted by Crippen LogP contribution is -2.36. The van der Waals surface area contributed by atoms with Crippen molar-refractivity contribution in [3.8, 4) is 0 Å². The number of nitrogens with zero attached hydrogens (tertiary/aromatic N) is 1. The molecule has 1 N–H and O–H groups in total. The van der Waals surface area contributed by atoms with E-state index in [1.165, 1.54) is 31.7 Å². The summed E-state index contributed by atoms with van der Waals surface area (Å²) in [7, 11) is 0. The number of amidine groups is 1. The van der Waals surface area contributed by atoms with Crippen LogP contribution in [0, 0.1) is 5.82 Å². The smallest absolute Gasteiger partial charge is 0.157 e. The number of aliphatic imine (C=N–C) groups is 1. The molecule has 2 nitrogen and oxygen atoms in total. The second-order valence-corrected chi connectivity index (χ2v) is 6.40. The van der Waals surface area contributed by atoms with Crippen LogP contribution < -0.4 is 5.32 Å². The summed E-state index contributed by atoms with van der Waals surface area (Å²) in [6.07, 6.45) is 4.91. The van der Waals surface area contributed by atoms with E-state index in [4.69, 9.17) is 11.6 Å². The molecule has 1 fully saturated rings. The topological polar surface area (TPSA) is 24.4 Å². The van der Waals surface area contributed by atoms with E-state index in [2.05, 4.69) is 10.3 Å². The first kappa shape index (κ1) is 13.3. The lowest BCUT2D eigenvalue weighted by atomic mass is 9.92. The zero-order chi connectivity index (χ0) is 13.2. The van der Waals surface area contributed by atoms with Gasteiger partial charge in [0.1, 0.15) is 5.82 Å². The Hall–Kier alpha value is -0.740. The summed E-state index contributed by atoms with van der Waals surface area (Å²) in [5, 5.41) is 4.88. The van der Waals surface area contributed by atoms with E-state index in [9.17, 15) is 4.39 Å². The Morgan fingerprint density at radius 2 is 2.21 bits per heavy atom. The second-order valence-electron chi connectivity index (χ2n) is 5.03. The second kappa shape index (κ2) is 5.71. The Kier molecular flexibility index (Phi) is 3.99. The van der Waals surface area contributed by atoms with Crippen molar-refractivity contribution in [3.05, 3.63) is 34.6 Å². The lowest BCUT2D eigenvalue weighted by Gasteiger charge is -2.23. The predicted molar refractivity (Wildman–Crippen MR) is 79.3 cm³/mol. The van der Waals surface area contributed by atoms with E-state index >= 15 is 0 Å². The Morgan fingerprint density at radius 1 is 1.37 bits per heavy atom. The minimum Gasteiger partial charge on any atom is -0.360 e. The van der Waals surface area contributed by atoms with E-state index in [1.54, 1.807) is 23.9 Å². The molecule has 1 saturated carbocycles. The van der Waals surface area contributed by atoms with Gasteiger partial charge in [-0.3, -0.25) is 4.99 Å². The summed E-state index contributed by atoms with van der Waals surface area (Å²) in [6, 6.07) is 5.72. The normalized spacial score (nSPS) is 25.7. The summed E-state index contributed by atoms with van der Waals surface area (Å²) in [4.78, 5) is 4.69. The van der Waals surface area contributed by atoms with Crippen LogP contribution in [0.1, 0.15) is 31.2 Å². The number of hydrogen-bond donors (Lipinski definition) is 1. The van der Waals surface area contributed by atoms with Gasteiger partial charge in [-0.05, 0) is 25.0 Å². The molecule has 2 unspecified atom stereocenters. The fraction of sp³-hybridized carbons (Fsp3) is 0.500. The number of rotatable bonds is 2. The fourth-order valence-corrected chi connectivity index (χ4v) is 4.00. The van der Waals surface area contributed by atoms with Gasteiger partial charge in [-0.2, -0.15) is 0 Å². The fourth-order valence-electron chi connectivity index (χ4n) is 2.67. The van der Waals surface area contributed by atoms with Crippen LogP contribution in [0.2, 0.25) is 5.02 Å². The molecule has 19 heavy (non-hydrogen) atoms. The standard InChI is InChI=1S/C14H16ClFN2S/c15-10-4-3-5-11(16)9(10)8-19-14-17-12-6-1-2-7-13(12)18-14/h3-5,12-13H,1-2,6-8H2,(H,17,18). The van der Waals surface area contributed by atoms with Crippen LogP contribution in [0.3, 0.4) is 0 Å². The minimum absolute atomic E-state index is 0.240. The highest BCUT2D eigenvalue weighted by atomic mass is 35.5. The largest absolute Gasteiger partial charge is 0.360 e. The van der Waals surface area contributed by atoms with Crippen LogP contribution in [-0.2, 0) is 5.75 Å². The van der Waals surface area contributed by atoms with Crippen molar-refractivity contribution >= 4 is 28.5 Å². The number of thioether (sulfide) groups is 1. The third-order valence-corrected chi connectivity index (χ3v) is 5.02. The molecule has 0 radical (unpaired) electrons. The predicted octanol–water partition coefficient (Wildman–Crippen LogP) is 3.98. The lowest BCUT2D eigenvalue weighted by molar-refractivity contribution is 0.385. The van der Waals surface area contributed by atoms with Crippen LogP contribution in [0.25, 0.3) is 0 Å². The minimum atomic E-state index is -0.240. The van der Waals surface area contributed by atoms with E-state index < -0.39 is 0 Å². The molecule has 0 amide bonds. The van der Waals surface area contributed by atoms with Crippen LogP contribution in [0.4, 0.5) is 4.39 Å². The van der Waals surface area contributed by atoms with Crippen molar-refractivity contribution in [2.75, 3.05) is 0 Å². The zero-order valence-electron chi connectivity index (χ0n) is 10.5. The number of halogens is 2. The van der Waals surface area contributed by atoms with Crippen LogP contribution in [0.15, 0.2) is 23.2 Å². The third kappa shape index (κ3) is 2.90. The number of fused-ring (bicyclic) bond motifs is 1. The van der Waals surface area contributed by atoms with Gasteiger partial charge >= 0.3 is 0 Å². The Bertz CT molecular complexity index is 486. The Balaban J connectivity index is 1.64. The highest BCUT2D eigenvalue weighted by molar-refractivity contribution is 8.13. The molecule has 1 aromatic carbocycles. The number of nitrogens with one attached hydrogen (secondary N) is 1. The van der Waals surface area contributed by atoms with E-state index in [-0.39, 0.29) is 5.82 Å². The summed E-state index contributed by atoms with van der Waals surface area (Å²) in [6.45, 7) is 0. The van der Waals surface area contributed by atoms with Gasteiger partial charge in [0.25, 0.3) is 0 Å². The molecule has 0 aromatic heterocycles. The Labute approximate surface area is 121 Å². The van der Waals surface area contributed by atoms with Gasteiger partial charge < -0.3 is 5.32 Å². The van der Waals surface area contributed by atoms with Gasteiger partial charge in [0.05, 0.1) is 12.1 Å². The first-order valence-corrected chi connectivity index (χ1v) is 8.00. The highest BCUT2D eigenvalue weighted by Crippen LogP contribution is 2.29. The third-order valence-electron chi connectivity index (χ3n) is 3.74. The van der Waals surface area contributed by atoms with Crippen molar-refractivity contribution < 1.29 is 4.39 Å². The monoisotopic (exact) mass is 298 g/mol. The van der Waals surface area contributed by atoms with E-state index in [0.29, 0.717) is 28.4 Å². The number of hydrogen-bond acceptors (Lipinski definition) is 3. The van der Waals surface area contributed by atoms with Gasteiger partial charge in [0.15, 0.2) is 5.17 Å². The molecule has 0 saturated heterocycles. The van der Waals surface area contributed by atoms with Gasteiger partial charge in [-0.25, -0.2) is 4.39 Å². The maximum atomic E-state index is 13.7. The van der Waals surface area contributed by atoms with Crippen molar-refractivity contribution in [2.45, 2.75) is 43.5 Å². The summed E-state index contributed by atoms with van der Waals surface area (Å²) >= 11 is 7.57. The molecule has 1 aromatic rings. The summed E-state index contributed by atoms with van der Waals surface area (Å²) in [5.74, 6) is 0.285. The van der Waals surface area contributed by atoms with Gasteiger partial charge in [-0.1, -0.05) is 42.3 Å². The van der Waals surface area contributed by atoms with Gasteiger partial charge in [0, 0.05) is 16.3 Å². The zero-order valence-corrected chi connectivity index (χ0v) is 12.1. The molecular formula is C14H16ClFN2S. The molecule has 1 aliphatic heterocycles. The van der Waals surface area contributed by atoms with Crippen molar-refractivity contribution in [3.63, 3.8) is 0 Å². The molecule has 1 aliphatic carbocycles. The molecule has 2 atom stereocenters. The molecule has 1 heterocycles. The SMILES string of the molecule is Fc1cccc(Cl)c1CSC1=NC2CCCCC2N1. The van der Waals surface area contributed by atoms with Crippen molar-refractivity contribution in [2.24, 2.45) is 4.99 Å². The van der Waals surface area contributed by atoms with Crippen LogP contribution in [-0.4, -0.2) is 17.3 Å². The first-order chi connectivity index (χ1) is 9.24. The average molecular weight is 299 g/mol. The molecular weight excluding hydrogens is 283 g/mol. The molecule has 5 heteroatoms. The van der Waals surface area contributed by atoms with Crippen molar-refractivity contribution in [1.82, 2.24) is 5.32 Å². The van der Waals surface area contributed by atoms with E-state index in [0.717, 1.165) is 5.17 Å². The molecule has 3 rings (SSSR count). The van der Waals surface area contributed by atoms with Gasteiger partial charge in [-0.15, -0.1) is 0 Å². The average Bonchev–Trinajstić information content (AvgIpc) is 2.81. The molecule has 2 aliphatic rings.